The van der Waals surface area contributed by atoms with Gasteiger partial charge in [0.2, 0.25) is 17.2 Å². The van der Waals surface area contributed by atoms with Gasteiger partial charge in [-0.25, -0.2) is 18.9 Å². The van der Waals surface area contributed by atoms with Crippen molar-refractivity contribution in [3.05, 3.63) is 94.2 Å². The molecule has 2 aromatic carbocycles. The molecule has 0 fully saturated rings. The van der Waals surface area contributed by atoms with E-state index in [0.29, 0.717) is 62.5 Å². The summed E-state index contributed by atoms with van der Waals surface area (Å²) in [4.78, 5) is 91.3. The van der Waals surface area contributed by atoms with E-state index >= 15 is 0 Å². The number of rotatable bonds is 54. The van der Waals surface area contributed by atoms with E-state index in [0.717, 1.165) is 108 Å². The lowest BCUT2D eigenvalue weighted by atomic mass is 9.90. The van der Waals surface area contributed by atoms with Crippen molar-refractivity contribution in [3.8, 4) is 28.2 Å². The van der Waals surface area contributed by atoms with Crippen LogP contribution in [0.2, 0.25) is 0 Å². The maximum Gasteiger partial charge on any atom is 0.336 e. The zero-order valence-electron chi connectivity index (χ0n) is 56.8. The Hall–Kier alpha value is -6.45. The van der Waals surface area contributed by atoms with E-state index in [1.54, 1.807) is 6.07 Å². The van der Waals surface area contributed by atoms with Gasteiger partial charge in [-0.15, -0.1) is 0 Å². The molecule has 534 valence electrons. The minimum Gasteiger partial charge on any atom is -0.756 e. The third kappa shape index (κ3) is 35.2. The van der Waals surface area contributed by atoms with E-state index in [2.05, 4.69) is 71.7 Å². The predicted octanol–water partition coefficient (Wildman–Crippen LogP) is 15.0. The summed E-state index contributed by atoms with van der Waals surface area (Å²) in [7, 11) is -5.02. The third-order valence-electron chi connectivity index (χ3n) is 16.2. The van der Waals surface area contributed by atoms with Crippen LogP contribution in [0.25, 0.3) is 33.4 Å². The van der Waals surface area contributed by atoms with Crippen molar-refractivity contribution in [1.29, 1.82) is 0 Å². The number of phosphoric acid groups is 1. The van der Waals surface area contributed by atoms with Crippen molar-refractivity contribution < 1.29 is 80.4 Å². The Bertz CT molecular complexity index is 3080. The second-order valence-corrected chi connectivity index (χ2v) is 26.3. The summed E-state index contributed by atoms with van der Waals surface area (Å²) >= 11 is 4.46. The van der Waals surface area contributed by atoms with E-state index in [1.807, 2.05) is 0 Å². The van der Waals surface area contributed by atoms with Gasteiger partial charge in [-0.3, -0.25) is 33.5 Å². The highest BCUT2D eigenvalue weighted by molar-refractivity contribution is 7.96. The van der Waals surface area contributed by atoms with Gasteiger partial charge in [-0.1, -0.05) is 154 Å². The number of nitrogens with one attached hydrogen (secondary N) is 4. The number of amides is 2. The standard InChI is InChI=1S/C73H107F2N4O15PS/c1-3-5-7-9-11-13-15-17-19-21-23-25-27-29-32-40-69(84)90-53-56(54-91-70(85)41-33-30-28-26-24-22-20-18-16-14-12-10-8-6-4-2)94-95(88,89)92-47-46-77-68(83)39-35-34-38-67(82)76-44-36-31-37-45-78-73(96)79-55-42-43-57(58(48-55)72(86)87)71-59-49-61(74)63(80)51-65(59)93-66-52-64(81)62(75)50-60(66)71/h17-20,42-43,48-52,56,80H,3-16,21-41,44-47,53-54H2,1-2H3,(H,76,82)(H,77,83)(H,86,87)(H,88,89)(H2,78,79,96)/b19-17-,20-18-. The van der Waals surface area contributed by atoms with Gasteiger partial charge in [-0.05, 0) is 132 Å². The fourth-order valence-electron chi connectivity index (χ4n) is 10.9. The van der Waals surface area contributed by atoms with Gasteiger partial charge in [0.1, 0.15) is 36.3 Å². The maximum absolute atomic E-state index is 14.7. The molecular weight excluding hydrogens is 1270 g/mol. The molecule has 1 atom stereocenters. The van der Waals surface area contributed by atoms with Crippen LogP contribution >= 0.6 is 20.5 Å². The molecule has 2 amide bonds. The lowest BCUT2D eigenvalue weighted by molar-refractivity contribution is -0.454. The third-order valence-corrected chi connectivity index (χ3v) is 17.6. The Morgan fingerprint density at radius 1 is 0.625 bits per heavy atom. The number of carboxylic acids is 1. The summed E-state index contributed by atoms with van der Waals surface area (Å²) < 4.78 is 69.0. The maximum atomic E-state index is 14.7. The lowest BCUT2D eigenvalue weighted by Gasteiger charge is -2.27. The highest BCUT2D eigenvalue weighted by Crippen LogP contribution is 2.44. The number of fused-ring (bicyclic) bond motifs is 2. The molecule has 2 aliphatic rings. The topological polar surface area (TPSA) is 283 Å². The molecule has 0 saturated heterocycles. The highest BCUT2D eigenvalue weighted by atomic mass is 32.1. The zero-order chi connectivity index (χ0) is 69.6. The van der Waals surface area contributed by atoms with Crippen LogP contribution in [-0.2, 0) is 42.3 Å². The number of aromatic carboxylic acids is 1. The molecule has 23 heteroatoms. The molecule has 0 aromatic heterocycles. The number of esters is 2. The first-order valence-electron chi connectivity index (χ1n) is 35.2. The van der Waals surface area contributed by atoms with Gasteiger partial charge in [0.25, 0.3) is 7.82 Å². The number of phenolic OH excluding ortho intramolecular Hbond substituents is 1. The lowest BCUT2D eigenvalue weighted by Crippen LogP contribution is -2.73. The molecule has 1 unspecified atom stereocenters. The number of benzene rings is 3. The fraction of sp³-hybridized carbons (Fsp3) is 0.603. The second-order valence-electron chi connectivity index (χ2n) is 24.5. The largest absolute Gasteiger partial charge is 0.756 e. The summed E-state index contributed by atoms with van der Waals surface area (Å²) in [6, 6.07) is 8.03. The normalized spacial score (nSPS) is 12.5. The van der Waals surface area contributed by atoms with Crippen LogP contribution in [0, 0.1) is 11.6 Å². The van der Waals surface area contributed by atoms with Crippen molar-refractivity contribution in [3.63, 3.8) is 0 Å². The Kier molecular flexibility index (Phi) is 41.9. The molecular formula is C73H107F2N4O15PS. The average Bonchev–Trinajstić information content (AvgIpc) is 0.744. The number of anilines is 1. The molecule has 4 rings (SSSR count). The van der Waals surface area contributed by atoms with Crippen molar-refractivity contribution >= 4 is 72.0 Å². The van der Waals surface area contributed by atoms with Gasteiger partial charge in [-0.2, -0.15) is 0 Å². The second kappa shape index (κ2) is 49.1. The molecule has 0 spiro atoms. The molecule has 2 aromatic rings. The van der Waals surface area contributed by atoms with E-state index in [1.165, 1.54) is 89.2 Å². The van der Waals surface area contributed by atoms with Crippen molar-refractivity contribution in [2.75, 3.05) is 44.8 Å². The van der Waals surface area contributed by atoms with Crippen molar-refractivity contribution in [2.45, 2.75) is 245 Å². The number of allylic oxidation sites excluding steroid dienone is 4. The molecule has 0 bridgehead atoms. The fourth-order valence-corrected chi connectivity index (χ4v) is 12.0. The Morgan fingerprint density at radius 3 is 1.67 bits per heavy atom. The predicted molar refractivity (Wildman–Crippen MR) is 374 cm³/mol. The smallest absolute Gasteiger partial charge is 0.336 e. The number of thiol groups is 1. The number of hydrogen-bond donors (Lipinski definition) is 7. The van der Waals surface area contributed by atoms with Crippen molar-refractivity contribution in [2.24, 2.45) is 0 Å². The number of phosphoric ester groups is 1. The van der Waals surface area contributed by atoms with Gasteiger partial charge in [0, 0.05) is 67.4 Å². The van der Waals surface area contributed by atoms with Gasteiger partial charge >= 0.3 is 23.1 Å². The number of unbranched alkanes of at least 4 members (excludes halogenated alkanes) is 25. The summed E-state index contributed by atoms with van der Waals surface area (Å²) in [5, 5.41) is 29.1. The highest BCUT2D eigenvalue weighted by Gasteiger charge is 2.26. The minimum absolute atomic E-state index is 0.0156. The number of carbonyl (C=O) groups is 5. The van der Waals surface area contributed by atoms with Crippen LogP contribution in [0.5, 0.6) is 5.75 Å². The van der Waals surface area contributed by atoms with Crippen LogP contribution in [-0.4, -0.2) is 90.7 Å². The van der Waals surface area contributed by atoms with E-state index in [9.17, 15) is 57.2 Å². The quantitative estimate of drug-likeness (QED) is 0.00316. The average molecular weight is 1380 g/mol. The van der Waals surface area contributed by atoms with Crippen LogP contribution in [0.15, 0.2) is 76.0 Å². The Balaban J connectivity index is 1.10. The number of aromatic hydroxyl groups is 1. The van der Waals surface area contributed by atoms with Gasteiger partial charge in [0.05, 0.1) is 18.7 Å². The number of carbonyl (C=O) groups excluding carboxylic acids is 4. The number of halogens is 2. The van der Waals surface area contributed by atoms with Gasteiger partial charge < -0.3 is 48.7 Å². The van der Waals surface area contributed by atoms with Crippen LogP contribution in [0.4, 0.5) is 14.5 Å². The summed E-state index contributed by atoms with van der Waals surface area (Å²) in [5.41, 5.74) is -0.807. The first-order valence-corrected chi connectivity index (χ1v) is 37.1. The number of phenols is 1. The van der Waals surface area contributed by atoms with E-state index in [4.69, 9.17) is 22.9 Å². The van der Waals surface area contributed by atoms with E-state index in [-0.39, 0.29) is 83.0 Å². The number of hydrogen-bond acceptors (Lipinski definition) is 14. The minimum atomic E-state index is -5.02. The molecule has 6 N–H and O–H groups in total. The first-order chi connectivity index (χ1) is 46.4. The SMILES string of the molecule is CCCCCCCC/C=C\CCCCCCCC(=O)OCC(COC(=O)CCCCCCC/C=C\CCCCCCCC)OP(=O)([O-])OCCNC(=O)CCCCC(=O)NCCCCC[NH+]=C(S)Nc1ccc(-c2c3cc(F)c(=O)cc-3oc3cc(O)c(F)cc23)c(C(=O)O)c1. The molecule has 0 radical (unpaired) electrons. The van der Waals surface area contributed by atoms with Gasteiger partial charge in [0.15, 0.2) is 17.4 Å². The summed E-state index contributed by atoms with van der Waals surface area (Å²) in [6.45, 7) is 3.82. The number of ether oxygens (including phenoxy) is 2. The molecule has 1 heterocycles. The molecule has 0 saturated carbocycles. The first kappa shape index (κ1) is 82.0. The molecule has 19 nitrogen and oxygen atoms in total. The summed E-state index contributed by atoms with van der Waals surface area (Å²) in [5.74, 6) is -5.92. The molecule has 1 aliphatic carbocycles. The monoisotopic (exact) mass is 1380 g/mol. The zero-order valence-corrected chi connectivity index (χ0v) is 58.6. The Morgan fingerprint density at radius 2 is 1.12 bits per heavy atom. The van der Waals surface area contributed by atoms with Crippen LogP contribution < -0.4 is 31.3 Å². The summed E-state index contributed by atoms with van der Waals surface area (Å²) in [6.07, 6.45) is 40.4. The number of amidine groups is 1. The van der Waals surface area contributed by atoms with Crippen molar-refractivity contribution in [1.82, 2.24) is 10.6 Å². The molecule has 1 aliphatic heterocycles. The van der Waals surface area contributed by atoms with Crippen LogP contribution in [0.3, 0.4) is 0 Å². The van der Waals surface area contributed by atoms with Crippen LogP contribution in [0.1, 0.15) is 249 Å². The number of carboxylic acid groups (broad SMARTS) is 1. The van der Waals surface area contributed by atoms with E-state index < -0.39 is 74.5 Å². The Labute approximate surface area is 572 Å². The molecule has 96 heavy (non-hydrogen) atoms.